The third kappa shape index (κ3) is 3.14. The van der Waals surface area contributed by atoms with Crippen LogP contribution in [-0.4, -0.2) is 26.2 Å². The second kappa shape index (κ2) is 6.74. The van der Waals surface area contributed by atoms with E-state index in [0.717, 1.165) is 18.8 Å². The van der Waals surface area contributed by atoms with Crippen molar-refractivity contribution >= 4 is 11.3 Å². The summed E-state index contributed by atoms with van der Waals surface area (Å²) in [5.74, 6) is 0.972. The Morgan fingerprint density at radius 2 is 2.00 bits per heavy atom. The molecule has 3 nitrogen and oxygen atoms in total. The van der Waals surface area contributed by atoms with E-state index < -0.39 is 0 Å². The van der Waals surface area contributed by atoms with Gasteiger partial charge in [-0.2, -0.15) is 0 Å². The molecule has 0 amide bonds. The normalized spacial score (nSPS) is 16.3. The number of rotatable bonds is 6. The van der Waals surface area contributed by atoms with Gasteiger partial charge in [-0.1, -0.05) is 19.4 Å². The van der Waals surface area contributed by atoms with Crippen molar-refractivity contribution in [2.45, 2.75) is 52.6 Å². The molecule has 0 aromatic heterocycles. The summed E-state index contributed by atoms with van der Waals surface area (Å²) in [4.78, 5) is 2.52. The van der Waals surface area contributed by atoms with E-state index in [2.05, 4.69) is 56.1 Å². The fraction of sp³-hybridized carbons (Fsp3) is 0.579. The zero-order valence-corrected chi connectivity index (χ0v) is 14.9. The highest BCUT2D eigenvalue weighted by molar-refractivity contribution is 5.82. The van der Waals surface area contributed by atoms with Gasteiger partial charge in [-0.3, -0.25) is 0 Å². The number of allylic oxidation sites excluding steroid dienone is 1. The van der Waals surface area contributed by atoms with Gasteiger partial charge in [0.2, 0.25) is 0 Å². The number of ether oxygens (including phenoxy) is 1. The molecule has 0 fully saturated rings. The van der Waals surface area contributed by atoms with Gasteiger partial charge in [0.1, 0.15) is 5.75 Å². The molecule has 1 aliphatic heterocycles. The van der Waals surface area contributed by atoms with E-state index in [0.29, 0.717) is 0 Å². The van der Waals surface area contributed by atoms with Crippen molar-refractivity contribution in [3.63, 3.8) is 0 Å². The monoisotopic (exact) mass is 302 g/mol. The average molecular weight is 302 g/mol. The van der Waals surface area contributed by atoms with Crippen molar-refractivity contribution in [2.24, 2.45) is 0 Å². The van der Waals surface area contributed by atoms with E-state index in [1.165, 1.54) is 35.2 Å². The van der Waals surface area contributed by atoms with Crippen molar-refractivity contribution in [1.29, 1.82) is 0 Å². The molecule has 0 bridgehead atoms. The molecule has 0 unspecified atom stereocenters. The smallest absolute Gasteiger partial charge is 0.125 e. The molecule has 1 heterocycles. The molecule has 0 aliphatic carbocycles. The summed E-state index contributed by atoms with van der Waals surface area (Å²) in [6.07, 6.45) is 4.80. The van der Waals surface area contributed by atoms with Crippen LogP contribution in [-0.2, 0) is 6.54 Å². The number of nitrogens with one attached hydrogen (secondary N) is 1. The van der Waals surface area contributed by atoms with Crippen LogP contribution in [0.15, 0.2) is 18.2 Å². The highest BCUT2D eigenvalue weighted by atomic mass is 16.5. The standard InChI is InChI=1S/C19H30N2O/c1-7-8-9-21-17-11-18(22-6)15(13-20-5)10-16(17)14(2)12-19(21,3)4/h10-12,20H,7-9,13H2,1-6H3. The summed E-state index contributed by atoms with van der Waals surface area (Å²) in [5, 5.41) is 3.23. The molecule has 0 atom stereocenters. The summed E-state index contributed by atoms with van der Waals surface area (Å²) < 4.78 is 5.63. The summed E-state index contributed by atoms with van der Waals surface area (Å²) in [6.45, 7) is 11.0. The third-order valence-corrected chi connectivity index (χ3v) is 4.48. The zero-order valence-electron chi connectivity index (χ0n) is 14.9. The first-order valence-electron chi connectivity index (χ1n) is 8.27. The van der Waals surface area contributed by atoms with E-state index in [9.17, 15) is 0 Å². The fourth-order valence-electron chi connectivity index (χ4n) is 3.39. The number of anilines is 1. The van der Waals surface area contributed by atoms with E-state index in [-0.39, 0.29) is 5.54 Å². The Hall–Kier alpha value is -1.48. The second-order valence-corrected chi connectivity index (χ2v) is 6.70. The third-order valence-electron chi connectivity index (χ3n) is 4.48. The maximum Gasteiger partial charge on any atom is 0.125 e. The highest BCUT2D eigenvalue weighted by Crippen LogP contribution is 2.42. The SMILES string of the molecule is CCCCN1c2cc(OC)c(CNC)cc2C(C)=CC1(C)C. The van der Waals surface area contributed by atoms with Crippen molar-refractivity contribution in [1.82, 2.24) is 5.32 Å². The Morgan fingerprint density at radius 3 is 2.59 bits per heavy atom. The van der Waals surface area contributed by atoms with Gasteiger partial charge in [0.05, 0.1) is 12.6 Å². The number of fused-ring (bicyclic) bond motifs is 1. The first kappa shape index (κ1) is 16.9. The van der Waals surface area contributed by atoms with Crippen molar-refractivity contribution in [3.05, 3.63) is 29.3 Å². The van der Waals surface area contributed by atoms with E-state index in [1.807, 2.05) is 7.05 Å². The van der Waals surface area contributed by atoms with Crippen LogP contribution in [0.25, 0.3) is 5.57 Å². The van der Waals surface area contributed by atoms with Gasteiger partial charge in [0.15, 0.2) is 0 Å². The number of nitrogens with zero attached hydrogens (tertiary/aromatic N) is 1. The number of unbranched alkanes of at least 4 members (excludes halogenated alkanes) is 1. The quantitative estimate of drug-likeness (QED) is 0.851. The molecular weight excluding hydrogens is 272 g/mol. The van der Waals surface area contributed by atoms with Crippen molar-refractivity contribution < 1.29 is 4.74 Å². The van der Waals surface area contributed by atoms with Gasteiger partial charge in [0, 0.05) is 36.0 Å². The van der Waals surface area contributed by atoms with Crippen molar-refractivity contribution in [3.8, 4) is 5.75 Å². The Bertz CT molecular complexity index is 561. The molecule has 0 saturated carbocycles. The van der Waals surface area contributed by atoms with Crippen LogP contribution in [0.3, 0.4) is 0 Å². The molecule has 1 aromatic carbocycles. The number of hydrogen-bond donors (Lipinski definition) is 1. The van der Waals surface area contributed by atoms with Crippen LogP contribution in [0.5, 0.6) is 5.75 Å². The second-order valence-electron chi connectivity index (χ2n) is 6.70. The van der Waals surface area contributed by atoms with Gasteiger partial charge in [0.25, 0.3) is 0 Å². The van der Waals surface area contributed by atoms with Gasteiger partial charge in [-0.05, 0) is 45.9 Å². The Kier molecular flexibility index (Phi) is 5.17. The largest absolute Gasteiger partial charge is 0.496 e. The lowest BCUT2D eigenvalue weighted by Crippen LogP contribution is -2.45. The summed E-state index contributed by atoms with van der Waals surface area (Å²) >= 11 is 0. The predicted molar refractivity (Wildman–Crippen MR) is 95.7 cm³/mol. The molecule has 0 radical (unpaired) electrons. The van der Waals surface area contributed by atoms with Crippen LogP contribution in [0.2, 0.25) is 0 Å². The number of methoxy groups -OCH3 is 1. The maximum absolute atomic E-state index is 5.63. The maximum atomic E-state index is 5.63. The molecule has 0 saturated heterocycles. The summed E-state index contributed by atoms with van der Waals surface area (Å²) in [5.41, 5.74) is 5.25. The van der Waals surface area contributed by atoms with E-state index >= 15 is 0 Å². The first-order chi connectivity index (χ1) is 10.4. The molecule has 1 aliphatic rings. The minimum absolute atomic E-state index is 0.0434. The van der Waals surface area contributed by atoms with E-state index in [4.69, 9.17) is 4.74 Å². The Morgan fingerprint density at radius 1 is 1.27 bits per heavy atom. The van der Waals surface area contributed by atoms with Crippen LogP contribution < -0.4 is 15.0 Å². The van der Waals surface area contributed by atoms with Gasteiger partial charge in [-0.15, -0.1) is 0 Å². The predicted octanol–water partition coefficient (Wildman–Crippen LogP) is 4.22. The lowest BCUT2D eigenvalue weighted by molar-refractivity contribution is 0.408. The molecule has 0 spiro atoms. The minimum atomic E-state index is 0.0434. The van der Waals surface area contributed by atoms with Gasteiger partial charge in [-0.25, -0.2) is 0 Å². The molecular formula is C19H30N2O. The summed E-state index contributed by atoms with van der Waals surface area (Å²) in [6, 6.07) is 4.50. The topological polar surface area (TPSA) is 24.5 Å². The molecule has 1 aromatic rings. The lowest BCUT2D eigenvalue weighted by Gasteiger charge is -2.43. The molecule has 122 valence electrons. The lowest BCUT2D eigenvalue weighted by atomic mass is 9.87. The van der Waals surface area contributed by atoms with Crippen LogP contribution in [0.4, 0.5) is 5.69 Å². The fourth-order valence-corrected chi connectivity index (χ4v) is 3.39. The molecule has 3 heteroatoms. The number of benzene rings is 1. The highest BCUT2D eigenvalue weighted by Gasteiger charge is 2.31. The van der Waals surface area contributed by atoms with Crippen LogP contribution in [0, 0.1) is 0 Å². The van der Waals surface area contributed by atoms with Crippen LogP contribution in [0.1, 0.15) is 51.7 Å². The zero-order chi connectivity index (χ0) is 16.3. The Balaban J connectivity index is 2.55. The van der Waals surface area contributed by atoms with Crippen LogP contribution >= 0.6 is 0 Å². The van der Waals surface area contributed by atoms with E-state index in [1.54, 1.807) is 7.11 Å². The number of hydrogen-bond acceptors (Lipinski definition) is 3. The average Bonchev–Trinajstić information content (AvgIpc) is 2.46. The Labute approximate surface area is 135 Å². The molecule has 22 heavy (non-hydrogen) atoms. The summed E-state index contributed by atoms with van der Waals surface area (Å²) in [7, 11) is 3.73. The van der Waals surface area contributed by atoms with Crippen molar-refractivity contribution in [2.75, 3.05) is 25.6 Å². The molecule has 1 N–H and O–H groups in total. The minimum Gasteiger partial charge on any atom is -0.496 e. The first-order valence-corrected chi connectivity index (χ1v) is 8.27. The van der Waals surface area contributed by atoms with Gasteiger partial charge < -0.3 is 15.0 Å². The molecule has 2 rings (SSSR count). The van der Waals surface area contributed by atoms with Gasteiger partial charge >= 0.3 is 0 Å².